The molecule has 0 aliphatic carbocycles. The van der Waals surface area contributed by atoms with Crippen LogP contribution in [0.2, 0.25) is 0 Å². The van der Waals surface area contributed by atoms with Crippen molar-refractivity contribution >= 4 is 18.3 Å². The van der Waals surface area contributed by atoms with E-state index >= 15 is 0 Å². The van der Waals surface area contributed by atoms with Crippen LogP contribution in [-0.2, 0) is 11.2 Å². The number of aryl methyl sites for hydroxylation is 1. The molecule has 5 heteroatoms. The van der Waals surface area contributed by atoms with Gasteiger partial charge in [-0.25, -0.2) is 4.39 Å². The van der Waals surface area contributed by atoms with Crippen LogP contribution in [0, 0.1) is 11.7 Å². The van der Waals surface area contributed by atoms with Crippen molar-refractivity contribution in [1.29, 1.82) is 0 Å². The van der Waals surface area contributed by atoms with Gasteiger partial charge >= 0.3 is 0 Å². The Hall–Kier alpha value is -1.13. The molecule has 0 radical (unpaired) electrons. The van der Waals surface area contributed by atoms with E-state index in [0.29, 0.717) is 12.1 Å². The second kappa shape index (κ2) is 8.11. The van der Waals surface area contributed by atoms with Crippen LogP contribution >= 0.6 is 12.4 Å². The molecule has 0 saturated carbocycles. The number of carbonyl (C=O) groups is 1. The maximum atomic E-state index is 13.2. The number of hydrogen-bond donors (Lipinski definition) is 1. The van der Waals surface area contributed by atoms with Gasteiger partial charge in [0, 0.05) is 24.5 Å². The lowest BCUT2D eigenvalue weighted by molar-refractivity contribution is -0.137. The summed E-state index contributed by atoms with van der Waals surface area (Å²) in [7, 11) is 0. The average molecular weight is 341 g/mol. The van der Waals surface area contributed by atoms with Crippen molar-refractivity contribution in [3.63, 3.8) is 0 Å². The molecular weight excluding hydrogens is 315 g/mol. The fourth-order valence-corrected chi connectivity index (χ4v) is 3.80. The first-order valence-corrected chi connectivity index (χ1v) is 8.42. The number of nitrogens with zero attached hydrogens (tertiary/aromatic N) is 1. The minimum absolute atomic E-state index is 0. The van der Waals surface area contributed by atoms with Crippen LogP contribution in [0.4, 0.5) is 4.39 Å². The number of nitrogens with one attached hydrogen (secondary N) is 1. The SMILES string of the molecule is CC(CCc1cccc(F)c1)C(=O)N1C2CCNCC1CC2.Cl. The molecule has 128 valence electrons. The van der Waals surface area contributed by atoms with Crippen molar-refractivity contribution in [3.8, 4) is 0 Å². The molecule has 1 N–H and O–H groups in total. The van der Waals surface area contributed by atoms with Crippen LogP contribution in [0.1, 0.15) is 38.2 Å². The quantitative estimate of drug-likeness (QED) is 0.913. The van der Waals surface area contributed by atoms with Crippen molar-refractivity contribution in [2.45, 2.75) is 51.1 Å². The van der Waals surface area contributed by atoms with E-state index in [1.54, 1.807) is 12.1 Å². The predicted molar refractivity (Wildman–Crippen MR) is 92.3 cm³/mol. The second-order valence-corrected chi connectivity index (χ2v) is 6.69. The van der Waals surface area contributed by atoms with Crippen molar-refractivity contribution < 1.29 is 9.18 Å². The lowest BCUT2D eigenvalue weighted by Gasteiger charge is -2.30. The Bertz CT molecular complexity index is 526. The number of halogens is 2. The van der Waals surface area contributed by atoms with Gasteiger partial charge < -0.3 is 10.2 Å². The van der Waals surface area contributed by atoms with Crippen LogP contribution in [0.3, 0.4) is 0 Å². The Morgan fingerprint density at radius 1 is 1.35 bits per heavy atom. The minimum atomic E-state index is -0.201. The van der Waals surface area contributed by atoms with Crippen LogP contribution in [0.5, 0.6) is 0 Å². The van der Waals surface area contributed by atoms with Crippen molar-refractivity contribution in [2.24, 2.45) is 5.92 Å². The van der Waals surface area contributed by atoms with Gasteiger partial charge in [-0.1, -0.05) is 19.1 Å². The third-order valence-corrected chi connectivity index (χ3v) is 5.09. The number of amides is 1. The number of fused-ring (bicyclic) bond motifs is 2. The van der Waals surface area contributed by atoms with Gasteiger partial charge in [-0.15, -0.1) is 12.4 Å². The molecule has 1 aromatic rings. The maximum absolute atomic E-state index is 13.2. The molecule has 0 spiro atoms. The van der Waals surface area contributed by atoms with Gasteiger partial charge in [-0.3, -0.25) is 4.79 Å². The standard InChI is InChI=1S/C18H25FN2O.ClH/c1-13(5-6-14-3-2-4-15(19)11-14)18(22)21-16-7-8-17(21)12-20-10-9-16;/h2-4,11,13,16-17,20H,5-10,12H2,1H3;1H. The third-order valence-electron chi connectivity index (χ3n) is 5.09. The number of carbonyl (C=O) groups excluding carboxylic acids is 1. The van der Waals surface area contributed by atoms with Crippen molar-refractivity contribution in [1.82, 2.24) is 10.2 Å². The Balaban J connectivity index is 0.00000192. The van der Waals surface area contributed by atoms with Gasteiger partial charge in [0.05, 0.1) is 0 Å². The summed E-state index contributed by atoms with van der Waals surface area (Å²) >= 11 is 0. The molecular formula is C18H26ClFN2O. The monoisotopic (exact) mass is 340 g/mol. The molecule has 2 heterocycles. The van der Waals surface area contributed by atoms with Gasteiger partial charge in [0.15, 0.2) is 0 Å². The Labute approximate surface area is 144 Å². The lowest BCUT2D eigenvalue weighted by atomic mass is 9.99. The summed E-state index contributed by atoms with van der Waals surface area (Å²) in [4.78, 5) is 15.0. The van der Waals surface area contributed by atoms with E-state index in [-0.39, 0.29) is 30.0 Å². The fourth-order valence-electron chi connectivity index (χ4n) is 3.80. The summed E-state index contributed by atoms with van der Waals surface area (Å²) in [5, 5.41) is 3.43. The van der Waals surface area contributed by atoms with Gasteiger partial charge in [0.25, 0.3) is 0 Å². The molecule has 2 bridgehead atoms. The minimum Gasteiger partial charge on any atom is -0.335 e. The fraction of sp³-hybridized carbons (Fsp3) is 0.611. The Morgan fingerprint density at radius 2 is 2.13 bits per heavy atom. The maximum Gasteiger partial charge on any atom is 0.225 e. The number of hydrogen-bond acceptors (Lipinski definition) is 2. The molecule has 2 saturated heterocycles. The van der Waals surface area contributed by atoms with Crippen molar-refractivity contribution in [3.05, 3.63) is 35.6 Å². The molecule has 2 aliphatic heterocycles. The normalized spacial score (nSPS) is 24.7. The summed E-state index contributed by atoms with van der Waals surface area (Å²) in [6.07, 6.45) is 4.88. The predicted octanol–water partition coefficient (Wildman–Crippen LogP) is 3.17. The Morgan fingerprint density at radius 3 is 2.91 bits per heavy atom. The molecule has 2 fully saturated rings. The van der Waals surface area contributed by atoms with E-state index in [1.165, 1.54) is 6.07 Å². The molecule has 1 aromatic carbocycles. The summed E-state index contributed by atoms with van der Waals surface area (Å²) < 4.78 is 13.2. The summed E-state index contributed by atoms with van der Waals surface area (Å²) in [6.45, 7) is 3.96. The van der Waals surface area contributed by atoms with Gasteiger partial charge in [0.1, 0.15) is 5.82 Å². The van der Waals surface area contributed by atoms with E-state index < -0.39 is 0 Å². The first-order valence-electron chi connectivity index (χ1n) is 8.42. The second-order valence-electron chi connectivity index (χ2n) is 6.69. The van der Waals surface area contributed by atoms with E-state index in [9.17, 15) is 9.18 Å². The van der Waals surface area contributed by atoms with E-state index in [0.717, 1.165) is 50.8 Å². The van der Waals surface area contributed by atoms with Crippen LogP contribution in [-0.4, -0.2) is 36.0 Å². The smallest absolute Gasteiger partial charge is 0.225 e. The molecule has 0 aromatic heterocycles. The summed E-state index contributed by atoms with van der Waals surface area (Å²) in [5.41, 5.74) is 0.972. The first kappa shape index (κ1) is 18.2. The number of rotatable bonds is 4. The molecule has 23 heavy (non-hydrogen) atoms. The Kier molecular flexibility index (Phi) is 6.42. The molecule has 2 aliphatic rings. The van der Waals surface area contributed by atoms with Gasteiger partial charge in [-0.2, -0.15) is 0 Å². The van der Waals surface area contributed by atoms with E-state index in [4.69, 9.17) is 0 Å². The zero-order valence-electron chi connectivity index (χ0n) is 13.6. The lowest BCUT2D eigenvalue weighted by Crippen LogP contribution is -2.45. The largest absolute Gasteiger partial charge is 0.335 e. The highest BCUT2D eigenvalue weighted by atomic mass is 35.5. The summed E-state index contributed by atoms with van der Waals surface area (Å²) in [6, 6.07) is 7.48. The molecule has 3 atom stereocenters. The highest BCUT2D eigenvalue weighted by Gasteiger charge is 2.39. The van der Waals surface area contributed by atoms with Gasteiger partial charge in [0.2, 0.25) is 5.91 Å². The van der Waals surface area contributed by atoms with Gasteiger partial charge in [-0.05, 0) is 56.3 Å². The topological polar surface area (TPSA) is 32.3 Å². The van der Waals surface area contributed by atoms with Crippen LogP contribution in [0.25, 0.3) is 0 Å². The molecule has 3 unspecified atom stereocenters. The van der Waals surface area contributed by atoms with E-state index in [1.807, 2.05) is 13.0 Å². The van der Waals surface area contributed by atoms with Crippen LogP contribution < -0.4 is 5.32 Å². The van der Waals surface area contributed by atoms with E-state index in [2.05, 4.69) is 10.2 Å². The summed E-state index contributed by atoms with van der Waals surface area (Å²) in [5.74, 6) is 0.0881. The average Bonchev–Trinajstić information content (AvgIpc) is 2.77. The number of benzene rings is 1. The highest BCUT2D eigenvalue weighted by molar-refractivity contribution is 5.85. The molecule has 1 amide bonds. The zero-order valence-corrected chi connectivity index (χ0v) is 14.4. The molecule has 3 rings (SSSR count). The van der Waals surface area contributed by atoms with Crippen molar-refractivity contribution in [2.75, 3.05) is 13.1 Å². The third kappa shape index (κ3) is 4.24. The van der Waals surface area contributed by atoms with Crippen LogP contribution in [0.15, 0.2) is 24.3 Å². The first-order chi connectivity index (χ1) is 10.6. The molecule has 3 nitrogen and oxygen atoms in total. The highest BCUT2D eigenvalue weighted by Crippen LogP contribution is 2.30. The zero-order chi connectivity index (χ0) is 15.5.